The first kappa shape index (κ1) is 15.6. The Bertz CT molecular complexity index is 805. The summed E-state index contributed by atoms with van der Waals surface area (Å²) in [7, 11) is 3.18. The normalized spacial score (nSPS) is 11.5. The number of nitrogens with zero attached hydrogens (tertiary/aromatic N) is 2. The first-order valence-electron chi connectivity index (χ1n) is 6.66. The minimum absolute atomic E-state index is 0.259. The lowest BCUT2D eigenvalue weighted by Gasteiger charge is -2.05. The summed E-state index contributed by atoms with van der Waals surface area (Å²) in [6, 6.07) is 7.37. The van der Waals surface area contributed by atoms with Crippen molar-refractivity contribution in [2.45, 2.75) is 0 Å². The minimum atomic E-state index is 0.259. The Kier molecular flexibility index (Phi) is 4.64. The van der Waals surface area contributed by atoms with Crippen molar-refractivity contribution in [1.82, 2.24) is 10.1 Å². The maximum Gasteiger partial charge on any atom is 0.269 e. The zero-order valence-corrected chi connectivity index (χ0v) is 14.0. The van der Waals surface area contributed by atoms with Gasteiger partial charge in [-0.15, -0.1) is 0 Å². The summed E-state index contributed by atoms with van der Waals surface area (Å²) in [5, 5.41) is 8.17. The van der Waals surface area contributed by atoms with Gasteiger partial charge in [-0.2, -0.15) is 16.3 Å². The Morgan fingerprint density at radius 2 is 1.96 bits per heavy atom. The van der Waals surface area contributed by atoms with Crippen molar-refractivity contribution in [2.24, 2.45) is 0 Å². The molecule has 2 aromatic heterocycles. The third-order valence-electron chi connectivity index (χ3n) is 3.08. The summed E-state index contributed by atoms with van der Waals surface area (Å²) in [4.78, 5) is 4.30. The van der Waals surface area contributed by atoms with Crippen LogP contribution in [0.5, 0.6) is 11.5 Å². The van der Waals surface area contributed by atoms with Crippen molar-refractivity contribution in [3.63, 3.8) is 0 Å². The summed E-state index contributed by atoms with van der Waals surface area (Å²) in [6.07, 6.45) is 1.72. The molecule has 118 valence electrons. The maximum absolute atomic E-state index is 6.29. The van der Waals surface area contributed by atoms with E-state index < -0.39 is 0 Å². The van der Waals surface area contributed by atoms with E-state index in [9.17, 15) is 0 Å². The number of hydrogen-bond acceptors (Lipinski definition) is 6. The molecule has 0 amide bonds. The average molecular weight is 349 g/mol. The second kappa shape index (κ2) is 6.85. The van der Waals surface area contributed by atoms with Crippen LogP contribution in [0.1, 0.15) is 11.5 Å². The van der Waals surface area contributed by atoms with Crippen molar-refractivity contribution < 1.29 is 14.0 Å². The zero-order chi connectivity index (χ0) is 16.2. The summed E-state index contributed by atoms with van der Waals surface area (Å²) in [6.45, 7) is 0. The van der Waals surface area contributed by atoms with Crippen LogP contribution in [0.15, 0.2) is 39.5 Å². The number of methoxy groups -OCH3 is 2. The van der Waals surface area contributed by atoms with E-state index in [0.717, 1.165) is 11.1 Å². The van der Waals surface area contributed by atoms with Crippen molar-refractivity contribution >= 4 is 34.0 Å². The predicted octanol–water partition coefficient (Wildman–Crippen LogP) is 4.55. The lowest BCUT2D eigenvalue weighted by molar-refractivity contribution is 0.394. The van der Waals surface area contributed by atoms with Gasteiger partial charge in [0.2, 0.25) is 5.82 Å². The molecule has 0 N–H and O–H groups in total. The van der Waals surface area contributed by atoms with E-state index in [0.29, 0.717) is 22.4 Å². The monoisotopic (exact) mass is 348 g/mol. The van der Waals surface area contributed by atoms with Gasteiger partial charge >= 0.3 is 0 Å². The van der Waals surface area contributed by atoms with Gasteiger partial charge in [0.1, 0.15) is 16.5 Å². The molecule has 7 heteroatoms. The van der Waals surface area contributed by atoms with Gasteiger partial charge in [-0.3, -0.25) is 0 Å². The molecule has 1 aromatic carbocycles. The fourth-order valence-electron chi connectivity index (χ4n) is 1.95. The molecule has 23 heavy (non-hydrogen) atoms. The number of rotatable bonds is 5. The third kappa shape index (κ3) is 3.55. The number of benzene rings is 1. The quantitative estimate of drug-likeness (QED) is 0.676. The lowest BCUT2D eigenvalue weighted by atomic mass is 10.2. The Morgan fingerprint density at radius 1 is 1.22 bits per heavy atom. The fourth-order valence-corrected chi connectivity index (χ4v) is 2.79. The van der Waals surface area contributed by atoms with E-state index in [1.54, 1.807) is 37.7 Å². The molecular weight excluding hydrogens is 336 g/mol. The topological polar surface area (TPSA) is 57.4 Å². The van der Waals surface area contributed by atoms with E-state index in [1.165, 1.54) is 0 Å². The predicted molar refractivity (Wildman–Crippen MR) is 90.9 cm³/mol. The number of halogens is 1. The van der Waals surface area contributed by atoms with E-state index in [-0.39, 0.29) is 5.89 Å². The Morgan fingerprint density at radius 3 is 2.57 bits per heavy atom. The molecule has 0 atom stereocenters. The van der Waals surface area contributed by atoms with Gasteiger partial charge in [0.05, 0.1) is 14.2 Å². The zero-order valence-electron chi connectivity index (χ0n) is 12.4. The average Bonchev–Trinajstić information content (AvgIpc) is 3.25. The molecule has 0 saturated carbocycles. The van der Waals surface area contributed by atoms with Crippen molar-refractivity contribution in [3.05, 3.63) is 46.5 Å². The SMILES string of the molecule is COc1cc(/C=C(/Cl)c2nc(-c3ccsc3)no2)cc(OC)c1. The van der Waals surface area contributed by atoms with E-state index in [2.05, 4.69) is 10.1 Å². The molecule has 0 aliphatic heterocycles. The van der Waals surface area contributed by atoms with Gasteiger partial charge < -0.3 is 14.0 Å². The molecule has 3 rings (SSSR count). The standard InChI is InChI=1S/C16H13ClN2O3S/c1-20-12-5-10(6-13(8-12)21-2)7-14(17)16-18-15(19-22-16)11-3-4-23-9-11/h3-9H,1-2H3/b14-7+. The lowest BCUT2D eigenvalue weighted by Crippen LogP contribution is -1.88. The Balaban J connectivity index is 1.90. The van der Waals surface area contributed by atoms with Gasteiger partial charge in [-0.1, -0.05) is 16.8 Å². The van der Waals surface area contributed by atoms with Crippen LogP contribution in [0.25, 0.3) is 22.5 Å². The molecule has 0 aliphatic rings. The molecule has 2 heterocycles. The first-order chi connectivity index (χ1) is 11.2. The van der Waals surface area contributed by atoms with Crippen LogP contribution in [0.3, 0.4) is 0 Å². The van der Waals surface area contributed by atoms with Crippen LogP contribution in [-0.4, -0.2) is 24.4 Å². The molecule has 5 nitrogen and oxygen atoms in total. The van der Waals surface area contributed by atoms with Gasteiger partial charge in [-0.25, -0.2) is 0 Å². The van der Waals surface area contributed by atoms with Crippen molar-refractivity contribution in [3.8, 4) is 22.9 Å². The van der Waals surface area contributed by atoms with E-state index >= 15 is 0 Å². The number of thiophene rings is 1. The highest BCUT2D eigenvalue weighted by molar-refractivity contribution is 7.08. The molecule has 0 fully saturated rings. The molecule has 0 aliphatic carbocycles. The highest BCUT2D eigenvalue weighted by Crippen LogP contribution is 2.28. The van der Waals surface area contributed by atoms with Gasteiger partial charge in [0.25, 0.3) is 5.89 Å². The van der Waals surface area contributed by atoms with Gasteiger partial charge in [0, 0.05) is 17.0 Å². The van der Waals surface area contributed by atoms with Gasteiger partial charge in [-0.05, 0) is 35.2 Å². The van der Waals surface area contributed by atoms with Crippen LogP contribution in [0.4, 0.5) is 0 Å². The second-order valence-corrected chi connectivity index (χ2v) is 5.76. The summed E-state index contributed by atoms with van der Waals surface area (Å²) in [5.41, 5.74) is 1.71. The largest absolute Gasteiger partial charge is 0.497 e. The molecular formula is C16H13ClN2O3S. The molecule has 0 radical (unpaired) electrons. The van der Waals surface area contributed by atoms with Crippen LogP contribution in [0.2, 0.25) is 0 Å². The molecule has 0 unspecified atom stereocenters. The summed E-state index contributed by atoms with van der Waals surface area (Å²) >= 11 is 7.86. The third-order valence-corrected chi connectivity index (χ3v) is 4.03. The van der Waals surface area contributed by atoms with Gasteiger partial charge in [0.15, 0.2) is 0 Å². The van der Waals surface area contributed by atoms with Crippen molar-refractivity contribution in [2.75, 3.05) is 14.2 Å². The highest BCUT2D eigenvalue weighted by atomic mass is 35.5. The highest BCUT2D eigenvalue weighted by Gasteiger charge is 2.12. The summed E-state index contributed by atoms with van der Waals surface area (Å²) < 4.78 is 15.7. The smallest absolute Gasteiger partial charge is 0.269 e. The van der Waals surface area contributed by atoms with Crippen LogP contribution >= 0.6 is 22.9 Å². The van der Waals surface area contributed by atoms with Crippen molar-refractivity contribution in [1.29, 1.82) is 0 Å². The van der Waals surface area contributed by atoms with Crippen LogP contribution in [0, 0.1) is 0 Å². The Labute approximate surface area is 142 Å². The maximum atomic E-state index is 6.29. The second-order valence-electron chi connectivity index (χ2n) is 4.57. The number of aromatic nitrogens is 2. The van der Waals surface area contributed by atoms with Crippen LogP contribution < -0.4 is 9.47 Å². The molecule has 0 bridgehead atoms. The van der Waals surface area contributed by atoms with E-state index in [1.807, 2.05) is 29.0 Å². The first-order valence-corrected chi connectivity index (χ1v) is 7.98. The Hall–Kier alpha value is -2.31. The minimum Gasteiger partial charge on any atom is -0.497 e. The molecule has 0 spiro atoms. The fraction of sp³-hybridized carbons (Fsp3) is 0.125. The van der Waals surface area contributed by atoms with Crippen LogP contribution in [-0.2, 0) is 0 Å². The molecule has 0 saturated heterocycles. The number of hydrogen-bond donors (Lipinski definition) is 0. The number of ether oxygens (including phenoxy) is 2. The molecule has 3 aromatic rings. The van der Waals surface area contributed by atoms with E-state index in [4.69, 9.17) is 25.6 Å². The summed E-state index contributed by atoms with van der Waals surface area (Å²) in [5.74, 6) is 2.11.